The predicted octanol–water partition coefficient (Wildman–Crippen LogP) is 3.67. The molecule has 0 saturated heterocycles. The van der Waals surface area contributed by atoms with Gasteiger partial charge in [0.1, 0.15) is 4.88 Å². The number of amides is 1. The Kier molecular flexibility index (Phi) is 4.95. The average Bonchev–Trinajstić information content (AvgIpc) is 3.25. The fourth-order valence-corrected chi connectivity index (χ4v) is 3.15. The number of aryl methyl sites for hydroxylation is 1. The number of hydrogen-bond acceptors (Lipinski definition) is 5. The number of carbonyl (C=O) groups excluding carboxylic acids is 2. The zero-order valence-electron chi connectivity index (χ0n) is 13.9. The molecule has 2 heterocycles. The number of rotatable bonds is 5. The number of esters is 1. The van der Waals surface area contributed by atoms with E-state index in [1.54, 1.807) is 26.0 Å². The first-order valence-corrected chi connectivity index (χ1v) is 8.59. The molecule has 3 aromatic rings. The highest BCUT2D eigenvalue weighted by atomic mass is 32.1. The maximum atomic E-state index is 12.4. The maximum absolute atomic E-state index is 12.4. The van der Waals surface area contributed by atoms with Crippen LogP contribution in [0.15, 0.2) is 48.8 Å². The fourth-order valence-electron chi connectivity index (χ4n) is 2.30. The summed E-state index contributed by atoms with van der Waals surface area (Å²) in [5.41, 5.74) is 2.03. The van der Waals surface area contributed by atoms with E-state index in [4.69, 9.17) is 4.74 Å². The second kappa shape index (κ2) is 7.31. The minimum atomic E-state index is -0.422. The van der Waals surface area contributed by atoms with Crippen molar-refractivity contribution in [2.24, 2.45) is 0 Å². The summed E-state index contributed by atoms with van der Waals surface area (Å²) in [5, 5.41) is 3.10. The Morgan fingerprint density at radius 1 is 1.20 bits per heavy atom. The Morgan fingerprint density at radius 3 is 2.52 bits per heavy atom. The van der Waals surface area contributed by atoms with Crippen molar-refractivity contribution < 1.29 is 14.3 Å². The van der Waals surface area contributed by atoms with Crippen molar-refractivity contribution in [3.05, 3.63) is 64.9 Å². The number of anilines is 1. The molecule has 128 valence electrons. The van der Waals surface area contributed by atoms with Gasteiger partial charge in [-0.1, -0.05) is 11.3 Å². The summed E-state index contributed by atoms with van der Waals surface area (Å²) in [6.45, 7) is 3.75. The zero-order valence-corrected chi connectivity index (χ0v) is 14.7. The molecule has 0 spiro atoms. The number of nitrogens with one attached hydrogen (secondary N) is 1. The lowest BCUT2D eigenvalue weighted by atomic mass is 10.2. The molecule has 0 fully saturated rings. The summed E-state index contributed by atoms with van der Waals surface area (Å²) < 4.78 is 6.93. The van der Waals surface area contributed by atoms with Crippen LogP contribution >= 0.6 is 11.3 Å². The number of nitrogens with zero attached hydrogens (tertiary/aromatic N) is 2. The third-order valence-corrected chi connectivity index (χ3v) is 4.56. The quantitative estimate of drug-likeness (QED) is 0.709. The van der Waals surface area contributed by atoms with Gasteiger partial charge in [-0.2, -0.15) is 0 Å². The van der Waals surface area contributed by atoms with Crippen LogP contribution in [0.5, 0.6) is 0 Å². The molecule has 0 radical (unpaired) electrons. The normalized spacial score (nSPS) is 10.5. The molecule has 7 heteroatoms. The van der Waals surface area contributed by atoms with Gasteiger partial charge in [-0.25, -0.2) is 9.78 Å². The van der Waals surface area contributed by atoms with Gasteiger partial charge in [0.05, 0.1) is 12.3 Å². The van der Waals surface area contributed by atoms with Gasteiger partial charge in [0.15, 0.2) is 5.13 Å². The minimum absolute atomic E-state index is 0.275. The van der Waals surface area contributed by atoms with E-state index in [1.807, 2.05) is 41.2 Å². The molecule has 3 rings (SSSR count). The molecule has 1 amide bonds. The molecule has 0 unspecified atom stereocenters. The van der Waals surface area contributed by atoms with E-state index < -0.39 is 5.97 Å². The van der Waals surface area contributed by atoms with Crippen molar-refractivity contribution in [2.75, 3.05) is 11.9 Å². The molecule has 25 heavy (non-hydrogen) atoms. The van der Waals surface area contributed by atoms with Gasteiger partial charge in [0.25, 0.3) is 5.91 Å². The highest BCUT2D eigenvalue weighted by molar-refractivity contribution is 7.17. The molecule has 0 saturated carbocycles. The smallest absolute Gasteiger partial charge is 0.350 e. The van der Waals surface area contributed by atoms with Gasteiger partial charge in [0, 0.05) is 23.6 Å². The Bertz CT molecular complexity index is 883. The molecular formula is C18H17N3O3S. The Morgan fingerprint density at radius 2 is 1.88 bits per heavy atom. The van der Waals surface area contributed by atoms with Gasteiger partial charge in [0.2, 0.25) is 0 Å². The highest BCUT2D eigenvalue weighted by Gasteiger charge is 2.18. The molecule has 2 aromatic heterocycles. The molecular weight excluding hydrogens is 338 g/mol. The van der Waals surface area contributed by atoms with E-state index in [9.17, 15) is 9.59 Å². The maximum Gasteiger partial charge on any atom is 0.350 e. The summed E-state index contributed by atoms with van der Waals surface area (Å²) in [4.78, 5) is 28.8. The second-order valence-electron chi connectivity index (χ2n) is 5.25. The molecule has 0 aliphatic heterocycles. The van der Waals surface area contributed by atoms with Crippen LogP contribution in [0, 0.1) is 6.92 Å². The first-order valence-electron chi connectivity index (χ1n) is 7.77. The van der Waals surface area contributed by atoms with E-state index in [-0.39, 0.29) is 5.91 Å². The topological polar surface area (TPSA) is 73.2 Å². The van der Waals surface area contributed by atoms with Crippen LogP contribution in [0.1, 0.15) is 32.6 Å². The predicted molar refractivity (Wildman–Crippen MR) is 96.5 cm³/mol. The fraction of sp³-hybridized carbons (Fsp3) is 0.167. The van der Waals surface area contributed by atoms with Crippen molar-refractivity contribution in [2.45, 2.75) is 13.8 Å². The molecule has 0 aliphatic rings. The lowest BCUT2D eigenvalue weighted by Crippen LogP contribution is -2.11. The van der Waals surface area contributed by atoms with Crippen molar-refractivity contribution in [3.8, 4) is 5.69 Å². The van der Waals surface area contributed by atoms with Crippen LogP contribution in [0.4, 0.5) is 5.13 Å². The standard InChI is InChI=1S/C18H17N3O3S/c1-3-24-17(23)15-12(2)19-18(25-15)20-16(22)13-6-8-14(9-7-13)21-10-4-5-11-21/h4-11H,3H2,1-2H3,(H,19,20,22). The SMILES string of the molecule is CCOC(=O)c1sc(NC(=O)c2ccc(-n3cccc3)cc2)nc1C. The number of hydrogen-bond donors (Lipinski definition) is 1. The molecule has 0 atom stereocenters. The monoisotopic (exact) mass is 355 g/mol. The molecule has 1 N–H and O–H groups in total. The lowest BCUT2D eigenvalue weighted by Gasteiger charge is -2.05. The summed E-state index contributed by atoms with van der Waals surface area (Å²) >= 11 is 1.11. The van der Waals surface area contributed by atoms with Crippen LogP contribution in [-0.2, 0) is 4.74 Å². The number of thiazole rings is 1. The number of benzene rings is 1. The molecule has 1 aromatic carbocycles. The molecule has 6 nitrogen and oxygen atoms in total. The summed E-state index contributed by atoms with van der Waals surface area (Å²) in [7, 11) is 0. The summed E-state index contributed by atoms with van der Waals surface area (Å²) in [5.74, 6) is -0.697. The third-order valence-electron chi connectivity index (χ3n) is 3.51. The molecule has 0 aliphatic carbocycles. The number of ether oxygens (including phenoxy) is 1. The Balaban J connectivity index is 1.72. The van der Waals surface area contributed by atoms with Gasteiger partial charge >= 0.3 is 5.97 Å². The van der Waals surface area contributed by atoms with Gasteiger partial charge in [-0.15, -0.1) is 0 Å². The second-order valence-corrected chi connectivity index (χ2v) is 6.24. The van der Waals surface area contributed by atoms with Crippen LogP contribution < -0.4 is 5.32 Å². The van der Waals surface area contributed by atoms with Gasteiger partial charge in [-0.05, 0) is 50.2 Å². The Labute approximate surface area is 149 Å². The largest absolute Gasteiger partial charge is 0.462 e. The van der Waals surface area contributed by atoms with Crippen LogP contribution in [0.25, 0.3) is 5.69 Å². The van der Waals surface area contributed by atoms with E-state index >= 15 is 0 Å². The van der Waals surface area contributed by atoms with Crippen LogP contribution in [0.2, 0.25) is 0 Å². The van der Waals surface area contributed by atoms with Crippen molar-refractivity contribution >= 4 is 28.3 Å². The first-order chi connectivity index (χ1) is 12.1. The van der Waals surface area contributed by atoms with Crippen LogP contribution in [0.3, 0.4) is 0 Å². The average molecular weight is 355 g/mol. The lowest BCUT2D eigenvalue weighted by molar-refractivity contribution is 0.0531. The Hall–Kier alpha value is -2.93. The minimum Gasteiger partial charge on any atom is -0.462 e. The molecule has 0 bridgehead atoms. The highest BCUT2D eigenvalue weighted by Crippen LogP contribution is 2.24. The number of aromatic nitrogens is 2. The van der Waals surface area contributed by atoms with E-state index in [2.05, 4.69) is 10.3 Å². The first kappa shape index (κ1) is 16.9. The van der Waals surface area contributed by atoms with Gasteiger partial charge in [-0.3, -0.25) is 10.1 Å². The van der Waals surface area contributed by atoms with Crippen molar-refractivity contribution in [1.82, 2.24) is 9.55 Å². The summed E-state index contributed by atoms with van der Waals surface area (Å²) in [6.07, 6.45) is 3.87. The zero-order chi connectivity index (χ0) is 17.8. The number of carbonyl (C=O) groups is 2. The van der Waals surface area contributed by atoms with Crippen molar-refractivity contribution in [1.29, 1.82) is 0 Å². The van der Waals surface area contributed by atoms with E-state index in [0.717, 1.165) is 17.0 Å². The third kappa shape index (κ3) is 3.77. The van der Waals surface area contributed by atoms with Crippen molar-refractivity contribution in [3.63, 3.8) is 0 Å². The van der Waals surface area contributed by atoms with Crippen LogP contribution in [-0.4, -0.2) is 28.0 Å². The van der Waals surface area contributed by atoms with E-state index in [1.165, 1.54) is 0 Å². The van der Waals surface area contributed by atoms with E-state index in [0.29, 0.717) is 27.9 Å². The summed E-state index contributed by atoms with van der Waals surface area (Å²) in [6, 6.07) is 11.1. The van der Waals surface area contributed by atoms with Gasteiger partial charge < -0.3 is 9.30 Å².